The molecule has 21 heavy (non-hydrogen) atoms. The molecule has 0 saturated carbocycles. The molecule has 0 amide bonds. The molecule has 3 rings (SSSR count). The lowest BCUT2D eigenvalue weighted by Gasteiger charge is -2.37. The number of nitrogens with zero attached hydrogens (tertiary/aromatic N) is 3. The fraction of sp³-hybridized carbons (Fsp3) is 0.467. The van der Waals surface area contributed by atoms with Gasteiger partial charge in [-0.25, -0.2) is 0 Å². The second-order valence-electron chi connectivity index (χ2n) is 5.30. The standard InChI is InChI=1S/C15H19ClN4O/c1-2-6-20(13-8-17-9-13)10-14-18-15(19-21-14)11-4-3-5-12(16)7-11/h3-5,7,13,17H,2,6,8-10H2,1H3. The third-order valence-corrected chi connectivity index (χ3v) is 3.91. The average molecular weight is 307 g/mol. The summed E-state index contributed by atoms with van der Waals surface area (Å²) in [5.41, 5.74) is 0.879. The number of aromatic nitrogens is 2. The van der Waals surface area contributed by atoms with Gasteiger partial charge in [0.25, 0.3) is 0 Å². The molecule has 1 saturated heterocycles. The molecule has 112 valence electrons. The Labute approximate surface area is 129 Å². The van der Waals surface area contributed by atoms with Gasteiger partial charge >= 0.3 is 0 Å². The van der Waals surface area contributed by atoms with Crippen molar-refractivity contribution in [3.8, 4) is 11.4 Å². The molecule has 1 N–H and O–H groups in total. The molecule has 1 aliphatic rings. The molecule has 2 aromatic rings. The highest BCUT2D eigenvalue weighted by Crippen LogP contribution is 2.20. The van der Waals surface area contributed by atoms with E-state index >= 15 is 0 Å². The number of nitrogens with one attached hydrogen (secondary N) is 1. The molecule has 1 aliphatic heterocycles. The summed E-state index contributed by atoms with van der Waals surface area (Å²) in [6.07, 6.45) is 1.12. The Hall–Kier alpha value is -1.43. The van der Waals surface area contributed by atoms with E-state index in [-0.39, 0.29) is 0 Å². The first-order chi connectivity index (χ1) is 10.3. The third-order valence-electron chi connectivity index (χ3n) is 3.68. The highest BCUT2D eigenvalue weighted by molar-refractivity contribution is 6.30. The summed E-state index contributed by atoms with van der Waals surface area (Å²) in [6, 6.07) is 8.07. The molecular weight excluding hydrogens is 288 g/mol. The van der Waals surface area contributed by atoms with Crippen molar-refractivity contribution in [3.63, 3.8) is 0 Å². The maximum atomic E-state index is 5.99. The van der Waals surface area contributed by atoms with E-state index in [0.29, 0.717) is 29.3 Å². The first kappa shape index (κ1) is 14.5. The number of benzene rings is 1. The molecule has 5 nitrogen and oxygen atoms in total. The SMILES string of the molecule is CCCN(Cc1nc(-c2cccc(Cl)c2)no1)C1CNC1. The number of rotatable bonds is 6. The summed E-state index contributed by atoms with van der Waals surface area (Å²) in [4.78, 5) is 6.88. The third kappa shape index (κ3) is 3.43. The summed E-state index contributed by atoms with van der Waals surface area (Å²) in [7, 11) is 0. The minimum absolute atomic E-state index is 0.575. The summed E-state index contributed by atoms with van der Waals surface area (Å²) in [5.74, 6) is 1.25. The molecule has 1 aromatic carbocycles. The summed E-state index contributed by atoms with van der Waals surface area (Å²) >= 11 is 5.99. The topological polar surface area (TPSA) is 54.2 Å². The van der Waals surface area contributed by atoms with Crippen LogP contribution in [0.2, 0.25) is 5.02 Å². The van der Waals surface area contributed by atoms with Gasteiger partial charge in [0.05, 0.1) is 6.54 Å². The molecule has 0 spiro atoms. The molecule has 0 aliphatic carbocycles. The molecule has 1 fully saturated rings. The van der Waals surface area contributed by atoms with E-state index in [9.17, 15) is 0 Å². The van der Waals surface area contributed by atoms with Gasteiger partial charge < -0.3 is 9.84 Å². The summed E-state index contributed by atoms with van der Waals surface area (Å²) in [5, 5.41) is 8.03. The zero-order valence-corrected chi connectivity index (χ0v) is 12.8. The molecular formula is C15H19ClN4O. The predicted octanol–water partition coefficient (Wildman–Crippen LogP) is 2.57. The Bertz CT molecular complexity index is 597. The van der Waals surface area contributed by atoms with E-state index < -0.39 is 0 Å². The van der Waals surface area contributed by atoms with Crippen LogP contribution in [0, 0.1) is 0 Å². The van der Waals surface area contributed by atoms with Crippen LogP contribution < -0.4 is 5.32 Å². The van der Waals surface area contributed by atoms with Crippen LogP contribution in [0.4, 0.5) is 0 Å². The number of halogens is 1. The first-order valence-corrected chi connectivity index (χ1v) is 7.67. The van der Waals surface area contributed by atoms with Crippen molar-refractivity contribution >= 4 is 11.6 Å². The van der Waals surface area contributed by atoms with E-state index in [1.54, 1.807) is 0 Å². The highest BCUT2D eigenvalue weighted by atomic mass is 35.5. The van der Waals surface area contributed by atoms with Gasteiger partial charge in [-0.1, -0.05) is 35.8 Å². The predicted molar refractivity (Wildman–Crippen MR) is 82.1 cm³/mol. The van der Waals surface area contributed by atoms with Crippen molar-refractivity contribution in [2.45, 2.75) is 25.9 Å². The van der Waals surface area contributed by atoms with Crippen molar-refractivity contribution < 1.29 is 4.52 Å². The fourth-order valence-corrected chi connectivity index (χ4v) is 2.64. The van der Waals surface area contributed by atoms with Crippen molar-refractivity contribution in [2.75, 3.05) is 19.6 Å². The number of hydrogen-bond acceptors (Lipinski definition) is 5. The Morgan fingerprint density at radius 1 is 1.43 bits per heavy atom. The lowest BCUT2D eigenvalue weighted by Crippen LogP contribution is -2.57. The van der Waals surface area contributed by atoms with Gasteiger partial charge in [0.1, 0.15) is 0 Å². The molecule has 0 unspecified atom stereocenters. The van der Waals surface area contributed by atoms with Gasteiger partial charge in [0, 0.05) is 29.7 Å². The van der Waals surface area contributed by atoms with Gasteiger partial charge in [-0.3, -0.25) is 4.90 Å². The van der Waals surface area contributed by atoms with Crippen LogP contribution in [0.3, 0.4) is 0 Å². The van der Waals surface area contributed by atoms with Crippen LogP contribution in [-0.2, 0) is 6.54 Å². The second kappa shape index (κ2) is 6.56. The zero-order chi connectivity index (χ0) is 14.7. The highest BCUT2D eigenvalue weighted by Gasteiger charge is 2.25. The minimum Gasteiger partial charge on any atom is -0.338 e. The van der Waals surface area contributed by atoms with E-state index in [4.69, 9.17) is 16.1 Å². The first-order valence-electron chi connectivity index (χ1n) is 7.29. The maximum absolute atomic E-state index is 5.99. The smallest absolute Gasteiger partial charge is 0.241 e. The van der Waals surface area contributed by atoms with Crippen molar-refractivity contribution in [1.82, 2.24) is 20.4 Å². The van der Waals surface area contributed by atoms with Gasteiger partial charge in [0.2, 0.25) is 11.7 Å². The van der Waals surface area contributed by atoms with Crippen molar-refractivity contribution in [2.24, 2.45) is 0 Å². The van der Waals surface area contributed by atoms with Crippen molar-refractivity contribution in [3.05, 3.63) is 35.2 Å². The van der Waals surface area contributed by atoms with E-state index in [2.05, 4.69) is 27.3 Å². The minimum atomic E-state index is 0.575. The quantitative estimate of drug-likeness (QED) is 0.889. The zero-order valence-electron chi connectivity index (χ0n) is 12.1. The van der Waals surface area contributed by atoms with Crippen LogP contribution in [0.1, 0.15) is 19.2 Å². The summed E-state index contributed by atoms with van der Waals surface area (Å²) in [6.45, 7) is 6.00. The van der Waals surface area contributed by atoms with Gasteiger partial charge in [-0.2, -0.15) is 4.98 Å². The van der Waals surface area contributed by atoms with E-state index in [1.165, 1.54) is 0 Å². The lowest BCUT2D eigenvalue weighted by atomic mass is 10.1. The van der Waals surface area contributed by atoms with E-state index in [0.717, 1.165) is 31.6 Å². The fourth-order valence-electron chi connectivity index (χ4n) is 2.45. The normalized spacial score (nSPS) is 15.4. The molecule has 2 heterocycles. The second-order valence-corrected chi connectivity index (χ2v) is 5.74. The van der Waals surface area contributed by atoms with Crippen LogP contribution in [0.5, 0.6) is 0 Å². The molecule has 0 bridgehead atoms. The van der Waals surface area contributed by atoms with Crippen molar-refractivity contribution in [1.29, 1.82) is 0 Å². The maximum Gasteiger partial charge on any atom is 0.241 e. The monoisotopic (exact) mass is 306 g/mol. The largest absolute Gasteiger partial charge is 0.338 e. The average Bonchev–Trinajstić information content (AvgIpc) is 2.85. The van der Waals surface area contributed by atoms with Crippen LogP contribution in [-0.4, -0.2) is 40.7 Å². The molecule has 6 heteroatoms. The van der Waals surface area contributed by atoms with Gasteiger partial charge in [-0.15, -0.1) is 0 Å². The lowest BCUT2D eigenvalue weighted by molar-refractivity contribution is 0.122. The van der Waals surface area contributed by atoms with Crippen LogP contribution >= 0.6 is 11.6 Å². The Morgan fingerprint density at radius 2 is 2.29 bits per heavy atom. The molecule has 0 radical (unpaired) electrons. The van der Waals surface area contributed by atoms with Gasteiger partial charge in [0.15, 0.2) is 0 Å². The Kier molecular flexibility index (Phi) is 4.53. The Morgan fingerprint density at radius 3 is 2.95 bits per heavy atom. The molecule has 0 atom stereocenters. The van der Waals surface area contributed by atoms with Crippen LogP contribution in [0.15, 0.2) is 28.8 Å². The van der Waals surface area contributed by atoms with Crippen LogP contribution in [0.25, 0.3) is 11.4 Å². The summed E-state index contributed by atoms with van der Waals surface area (Å²) < 4.78 is 5.39. The van der Waals surface area contributed by atoms with Gasteiger partial charge in [-0.05, 0) is 25.1 Å². The van der Waals surface area contributed by atoms with E-state index in [1.807, 2.05) is 24.3 Å². The number of hydrogen-bond donors (Lipinski definition) is 1. The molecule has 1 aromatic heterocycles. The Balaban J connectivity index is 1.71.